The molecule has 5 amide bonds. The molecule has 5 aliphatic rings. The third-order valence-electron chi connectivity index (χ3n) is 12.4. The lowest BCUT2D eigenvalue weighted by Gasteiger charge is -2.49. The summed E-state index contributed by atoms with van der Waals surface area (Å²) in [5.41, 5.74) is 6.01. The summed E-state index contributed by atoms with van der Waals surface area (Å²) in [4.78, 5) is 84.9. The molecule has 6 heterocycles. The van der Waals surface area contributed by atoms with Crippen molar-refractivity contribution >= 4 is 63.6 Å². The van der Waals surface area contributed by atoms with Gasteiger partial charge in [-0.05, 0) is 67.3 Å². The van der Waals surface area contributed by atoms with E-state index in [0.717, 1.165) is 85.3 Å². The van der Waals surface area contributed by atoms with Crippen LogP contribution in [0.5, 0.6) is 0 Å². The second-order valence-electron chi connectivity index (χ2n) is 16.0. The topological polar surface area (TPSA) is 178 Å². The highest BCUT2D eigenvalue weighted by Gasteiger charge is 2.45. The molecule has 1 aliphatic carbocycles. The van der Waals surface area contributed by atoms with Gasteiger partial charge in [0.1, 0.15) is 12.4 Å². The molecule has 1 unspecified atom stereocenters. The number of hydrogen-bond acceptors (Lipinski definition) is 12. The lowest BCUT2D eigenvalue weighted by atomic mass is 9.86. The van der Waals surface area contributed by atoms with Crippen LogP contribution < -0.4 is 25.8 Å². The maximum absolute atomic E-state index is 13.3. The first kappa shape index (κ1) is 36.6. The molecule has 4 fully saturated rings. The van der Waals surface area contributed by atoms with Crippen LogP contribution in [0.1, 0.15) is 58.0 Å². The van der Waals surface area contributed by atoms with Crippen molar-refractivity contribution < 1.29 is 24.0 Å². The number of piperazine rings is 1. The second kappa shape index (κ2) is 14.9. The van der Waals surface area contributed by atoms with E-state index < -0.39 is 29.7 Å². The summed E-state index contributed by atoms with van der Waals surface area (Å²) in [5.74, 6) is -1.29. The largest absolute Gasteiger partial charge is 0.369 e. The van der Waals surface area contributed by atoms with E-state index in [1.54, 1.807) is 18.5 Å². The summed E-state index contributed by atoms with van der Waals surface area (Å²) in [6, 6.07) is 23.2. The number of imide groups is 2. The predicted octanol–water partition coefficient (Wildman–Crippen LogP) is 3.04. The first-order valence-electron chi connectivity index (χ1n) is 20.2. The van der Waals surface area contributed by atoms with Crippen LogP contribution in [0.3, 0.4) is 0 Å². The number of anilines is 4. The molecule has 59 heavy (non-hydrogen) atoms. The Labute approximate surface area is 339 Å². The van der Waals surface area contributed by atoms with E-state index in [0.29, 0.717) is 34.9 Å². The summed E-state index contributed by atoms with van der Waals surface area (Å²) >= 11 is 0. The van der Waals surface area contributed by atoms with Gasteiger partial charge in [0.05, 0.1) is 23.9 Å². The predicted molar refractivity (Wildman–Crippen MR) is 218 cm³/mol. The van der Waals surface area contributed by atoms with Crippen molar-refractivity contribution in [2.24, 2.45) is 0 Å². The molecule has 10 rings (SSSR count). The standard InChI is InChI=1S/C43H43N11O5/c55-36-13-12-35(41(57)49-36)54-42(58)33-11-10-30(21-34(33)43(54)59)52-22-32(23-52)51-16-14-50(15-17-51)29-8-6-27(7-9-29)48-39-38-40(45-24-44-39)53(25-46-38)31-19-28(20-31)47-37(56)18-26-4-2-1-3-5-26/h1-11,21,24-25,28,31-32,35H,12-20,22-23H2,(H,47,56)(H,44,45,48)(H,49,55,57). The zero-order chi connectivity index (χ0) is 40.2. The van der Waals surface area contributed by atoms with Crippen LogP contribution in [0.4, 0.5) is 22.9 Å². The number of carbonyl (C=O) groups is 5. The fraction of sp³-hybridized carbons (Fsp3) is 0.349. The van der Waals surface area contributed by atoms with E-state index in [4.69, 9.17) is 0 Å². The Bertz CT molecular complexity index is 2470. The summed E-state index contributed by atoms with van der Waals surface area (Å²) in [6.07, 6.45) is 5.64. The van der Waals surface area contributed by atoms with Crippen molar-refractivity contribution in [1.82, 2.24) is 40.0 Å². The monoisotopic (exact) mass is 793 g/mol. The Morgan fingerprint density at radius 3 is 2.29 bits per heavy atom. The smallest absolute Gasteiger partial charge is 0.262 e. The van der Waals surface area contributed by atoms with Gasteiger partial charge in [0, 0.05) is 80.9 Å². The lowest BCUT2D eigenvalue weighted by molar-refractivity contribution is -0.136. The molecule has 300 valence electrons. The number of piperidine rings is 1. The van der Waals surface area contributed by atoms with E-state index in [1.165, 1.54) is 0 Å². The van der Waals surface area contributed by atoms with Gasteiger partial charge in [-0.1, -0.05) is 30.3 Å². The SMILES string of the molecule is O=C1CCC(N2C(=O)c3ccc(N4CC(N5CCN(c6ccc(Nc7ncnc8c7ncn8C7CC(NC(=O)Cc8ccccc8)C7)cc6)CC5)C4)cc3C2=O)C(=O)N1. The fourth-order valence-corrected chi connectivity index (χ4v) is 8.99. The van der Waals surface area contributed by atoms with Gasteiger partial charge in [-0.3, -0.25) is 39.1 Å². The molecule has 3 aromatic carbocycles. The fourth-order valence-electron chi connectivity index (χ4n) is 8.99. The van der Waals surface area contributed by atoms with Gasteiger partial charge in [0.15, 0.2) is 17.0 Å². The van der Waals surface area contributed by atoms with Crippen molar-refractivity contribution in [3.8, 4) is 0 Å². The van der Waals surface area contributed by atoms with Crippen LogP contribution in [0, 0.1) is 0 Å². The van der Waals surface area contributed by atoms with E-state index in [9.17, 15) is 24.0 Å². The number of carbonyl (C=O) groups excluding carboxylic acids is 5. The van der Waals surface area contributed by atoms with Crippen molar-refractivity contribution in [3.05, 3.63) is 102 Å². The zero-order valence-electron chi connectivity index (χ0n) is 32.3. The molecular formula is C43H43N11O5. The van der Waals surface area contributed by atoms with Crippen LogP contribution in [0.25, 0.3) is 11.2 Å². The Hall–Kier alpha value is -6.68. The van der Waals surface area contributed by atoms with Gasteiger partial charge in [-0.25, -0.2) is 15.0 Å². The molecule has 3 saturated heterocycles. The number of rotatable bonds is 10. The summed E-state index contributed by atoms with van der Waals surface area (Å²) < 4.78 is 2.09. The van der Waals surface area contributed by atoms with Crippen LogP contribution in [-0.2, 0) is 20.8 Å². The number of nitrogens with one attached hydrogen (secondary N) is 3. The minimum atomic E-state index is -0.973. The number of aromatic nitrogens is 4. The Kier molecular flexibility index (Phi) is 9.27. The molecule has 0 bridgehead atoms. The van der Waals surface area contributed by atoms with Gasteiger partial charge < -0.3 is 25.0 Å². The molecule has 16 heteroatoms. The van der Waals surface area contributed by atoms with Crippen molar-refractivity contribution in [3.63, 3.8) is 0 Å². The highest BCUT2D eigenvalue weighted by molar-refractivity contribution is 6.23. The van der Waals surface area contributed by atoms with E-state index in [2.05, 4.69) is 74.4 Å². The second-order valence-corrected chi connectivity index (χ2v) is 16.0. The third kappa shape index (κ3) is 6.92. The molecule has 2 aromatic heterocycles. The molecule has 0 radical (unpaired) electrons. The normalized spacial score (nSPS) is 22.2. The van der Waals surface area contributed by atoms with Crippen LogP contribution >= 0.6 is 0 Å². The zero-order valence-corrected chi connectivity index (χ0v) is 32.3. The Morgan fingerprint density at radius 2 is 1.53 bits per heavy atom. The summed E-state index contributed by atoms with van der Waals surface area (Å²) in [5, 5.41) is 8.84. The average molecular weight is 794 g/mol. The highest BCUT2D eigenvalue weighted by atomic mass is 16.2. The van der Waals surface area contributed by atoms with E-state index >= 15 is 0 Å². The van der Waals surface area contributed by atoms with Crippen molar-refractivity contribution in [2.75, 3.05) is 54.4 Å². The summed E-state index contributed by atoms with van der Waals surface area (Å²) in [7, 11) is 0. The van der Waals surface area contributed by atoms with Gasteiger partial charge in [0.2, 0.25) is 17.7 Å². The number of benzene rings is 3. The molecule has 0 spiro atoms. The lowest BCUT2D eigenvalue weighted by Crippen LogP contribution is -2.63. The van der Waals surface area contributed by atoms with Gasteiger partial charge >= 0.3 is 0 Å². The number of imidazole rings is 1. The number of nitrogens with zero attached hydrogens (tertiary/aromatic N) is 8. The van der Waals surface area contributed by atoms with E-state index in [1.807, 2.05) is 42.7 Å². The molecule has 3 N–H and O–H groups in total. The van der Waals surface area contributed by atoms with Crippen LogP contribution in [-0.4, -0.2) is 116 Å². The average Bonchev–Trinajstić information content (AvgIpc) is 3.75. The molecule has 1 atom stereocenters. The first-order chi connectivity index (χ1) is 28.8. The number of amides is 5. The quantitative estimate of drug-likeness (QED) is 0.177. The molecule has 5 aromatic rings. The third-order valence-corrected chi connectivity index (χ3v) is 12.4. The van der Waals surface area contributed by atoms with E-state index in [-0.39, 0.29) is 30.8 Å². The molecular weight excluding hydrogens is 751 g/mol. The summed E-state index contributed by atoms with van der Waals surface area (Å²) in [6.45, 7) is 5.30. The van der Waals surface area contributed by atoms with Crippen molar-refractivity contribution in [2.45, 2.75) is 56.3 Å². The Balaban J connectivity index is 0.698. The number of hydrogen-bond donors (Lipinski definition) is 3. The highest BCUT2D eigenvalue weighted by Crippen LogP contribution is 2.36. The minimum absolute atomic E-state index is 0.0396. The Morgan fingerprint density at radius 1 is 0.780 bits per heavy atom. The van der Waals surface area contributed by atoms with Gasteiger partial charge in [-0.2, -0.15) is 0 Å². The first-order valence-corrected chi connectivity index (χ1v) is 20.2. The van der Waals surface area contributed by atoms with Crippen LogP contribution in [0.2, 0.25) is 0 Å². The number of fused-ring (bicyclic) bond motifs is 2. The van der Waals surface area contributed by atoms with Gasteiger partial charge in [0.25, 0.3) is 11.8 Å². The van der Waals surface area contributed by atoms with Crippen molar-refractivity contribution in [1.29, 1.82) is 0 Å². The van der Waals surface area contributed by atoms with Crippen LogP contribution in [0.15, 0.2) is 85.5 Å². The minimum Gasteiger partial charge on any atom is -0.369 e. The molecule has 16 nitrogen and oxygen atoms in total. The molecule has 4 aliphatic heterocycles. The van der Waals surface area contributed by atoms with Gasteiger partial charge in [-0.15, -0.1) is 0 Å². The maximum atomic E-state index is 13.3. The maximum Gasteiger partial charge on any atom is 0.262 e. The molecule has 1 saturated carbocycles.